The molecule has 10 nitrogen and oxygen atoms in total. The van der Waals surface area contributed by atoms with Gasteiger partial charge in [0, 0.05) is 64.0 Å². The van der Waals surface area contributed by atoms with Crippen LogP contribution in [0.25, 0.3) is 0 Å². The SMILES string of the molecule is CN=C(NCCC(=O)N1CCN(c2ncccn2)CC1)NCc1ncc(C(C)(C)C)o1.I. The highest BCUT2D eigenvalue weighted by atomic mass is 127. The molecular formula is C21H33IN8O2. The smallest absolute Gasteiger partial charge is 0.225 e. The fourth-order valence-electron chi connectivity index (χ4n) is 3.17. The second-order valence-electron chi connectivity index (χ2n) is 8.39. The van der Waals surface area contributed by atoms with Crippen molar-refractivity contribution in [2.45, 2.75) is 39.2 Å². The predicted octanol–water partition coefficient (Wildman–Crippen LogP) is 1.78. The van der Waals surface area contributed by atoms with Crippen molar-refractivity contribution in [1.29, 1.82) is 0 Å². The Bertz CT molecular complexity index is 873. The van der Waals surface area contributed by atoms with Gasteiger partial charge in [-0.05, 0) is 6.07 Å². The molecule has 2 aromatic heterocycles. The lowest BCUT2D eigenvalue weighted by Gasteiger charge is -2.34. The van der Waals surface area contributed by atoms with Crippen LogP contribution in [0.1, 0.15) is 38.8 Å². The van der Waals surface area contributed by atoms with E-state index in [9.17, 15) is 4.79 Å². The number of aliphatic imine (C=N–C) groups is 1. The summed E-state index contributed by atoms with van der Waals surface area (Å²) in [5, 5.41) is 6.34. The zero-order chi connectivity index (χ0) is 22.3. The maximum Gasteiger partial charge on any atom is 0.225 e. The van der Waals surface area contributed by atoms with E-state index in [1.807, 2.05) is 4.90 Å². The first kappa shape index (κ1) is 25.8. The molecular weight excluding hydrogens is 523 g/mol. The van der Waals surface area contributed by atoms with Gasteiger partial charge in [0.15, 0.2) is 5.96 Å². The molecule has 1 aliphatic heterocycles. The summed E-state index contributed by atoms with van der Waals surface area (Å²) in [5.41, 5.74) is -0.0782. The minimum atomic E-state index is -0.0782. The van der Waals surface area contributed by atoms with Gasteiger partial charge in [0.2, 0.25) is 17.7 Å². The van der Waals surface area contributed by atoms with Gasteiger partial charge in [-0.2, -0.15) is 0 Å². The van der Waals surface area contributed by atoms with Gasteiger partial charge in [0.1, 0.15) is 5.76 Å². The lowest BCUT2D eigenvalue weighted by atomic mass is 9.94. The number of guanidine groups is 1. The van der Waals surface area contributed by atoms with Crippen LogP contribution in [0.3, 0.4) is 0 Å². The van der Waals surface area contributed by atoms with Gasteiger partial charge in [-0.1, -0.05) is 20.8 Å². The largest absolute Gasteiger partial charge is 0.443 e. The molecule has 2 N–H and O–H groups in total. The molecule has 0 aromatic carbocycles. The van der Waals surface area contributed by atoms with Gasteiger partial charge in [0.05, 0.1) is 12.7 Å². The highest BCUT2D eigenvalue weighted by Gasteiger charge is 2.22. The summed E-state index contributed by atoms with van der Waals surface area (Å²) in [6.07, 6.45) is 5.63. The number of aromatic nitrogens is 3. The fraction of sp³-hybridized carbons (Fsp3) is 0.571. The van der Waals surface area contributed by atoms with Crippen molar-refractivity contribution in [3.05, 3.63) is 36.3 Å². The number of halogens is 1. The number of rotatable bonds is 6. The monoisotopic (exact) mass is 556 g/mol. The Labute approximate surface area is 206 Å². The Kier molecular flexibility index (Phi) is 9.66. The third kappa shape index (κ3) is 7.31. The second-order valence-corrected chi connectivity index (χ2v) is 8.39. The minimum absolute atomic E-state index is 0. The molecule has 3 heterocycles. The molecule has 2 aromatic rings. The maximum absolute atomic E-state index is 12.5. The number of nitrogens with one attached hydrogen (secondary N) is 2. The number of hydrogen-bond donors (Lipinski definition) is 2. The molecule has 0 unspecified atom stereocenters. The number of hydrogen-bond acceptors (Lipinski definition) is 7. The average Bonchev–Trinajstić information content (AvgIpc) is 3.26. The minimum Gasteiger partial charge on any atom is -0.443 e. The van der Waals surface area contributed by atoms with Gasteiger partial charge in [0.25, 0.3) is 0 Å². The topological polar surface area (TPSA) is 112 Å². The van der Waals surface area contributed by atoms with E-state index in [1.165, 1.54) is 0 Å². The summed E-state index contributed by atoms with van der Waals surface area (Å²) in [5.74, 6) is 2.89. The number of carbonyl (C=O) groups is 1. The lowest BCUT2D eigenvalue weighted by Crippen LogP contribution is -2.50. The molecule has 0 bridgehead atoms. The molecule has 1 fully saturated rings. The summed E-state index contributed by atoms with van der Waals surface area (Å²) in [6, 6.07) is 1.80. The van der Waals surface area contributed by atoms with Crippen LogP contribution >= 0.6 is 24.0 Å². The number of piperazine rings is 1. The Balaban J connectivity index is 0.00000363. The summed E-state index contributed by atoms with van der Waals surface area (Å²) in [6.45, 7) is 9.98. The number of anilines is 1. The zero-order valence-corrected chi connectivity index (χ0v) is 21.5. The standard InChI is InChI=1S/C21H32N8O2.HI/c1-21(2,3)16-14-26-17(31-16)15-27-19(22-4)23-9-6-18(30)28-10-12-29(13-11-28)20-24-7-5-8-25-20;/h5,7-8,14H,6,9-13,15H2,1-4H3,(H2,22,23,27);1H. The van der Waals surface area contributed by atoms with Crippen LogP contribution in [0.2, 0.25) is 0 Å². The van der Waals surface area contributed by atoms with E-state index >= 15 is 0 Å². The summed E-state index contributed by atoms with van der Waals surface area (Å²) < 4.78 is 5.78. The Morgan fingerprint density at radius 3 is 2.41 bits per heavy atom. The second kappa shape index (κ2) is 12.0. The molecule has 11 heteroatoms. The number of oxazole rings is 1. The van der Waals surface area contributed by atoms with Crippen LogP contribution < -0.4 is 15.5 Å². The first-order valence-electron chi connectivity index (χ1n) is 10.6. The lowest BCUT2D eigenvalue weighted by molar-refractivity contribution is -0.131. The third-order valence-electron chi connectivity index (χ3n) is 5.02. The van der Waals surface area contributed by atoms with Crippen LogP contribution in [-0.4, -0.2) is 71.5 Å². The zero-order valence-electron chi connectivity index (χ0n) is 19.2. The van der Waals surface area contributed by atoms with Crippen LogP contribution in [-0.2, 0) is 16.8 Å². The summed E-state index contributed by atoms with van der Waals surface area (Å²) >= 11 is 0. The van der Waals surface area contributed by atoms with E-state index in [0.29, 0.717) is 50.4 Å². The Morgan fingerprint density at radius 1 is 1.12 bits per heavy atom. The summed E-state index contributed by atoms with van der Waals surface area (Å²) in [7, 11) is 1.69. The maximum atomic E-state index is 12.5. The first-order valence-corrected chi connectivity index (χ1v) is 10.6. The number of nitrogens with zero attached hydrogens (tertiary/aromatic N) is 6. The van der Waals surface area contributed by atoms with Crippen LogP contribution in [0.5, 0.6) is 0 Å². The first-order chi connectivity index (χ1) is 14.9. The van der Waals surface area contributed by atoms with Crippen LogP contribution in [0.15, 0.2) is 34.1 Å². The molecule has 32 heavy (non-hydrogen) atoms. The van der Waals surface area contributed by atoms with E-state index < -0.39 is 0 Å². The van der Waals surface area contributed by atoms with Crippen molar-refractivity contribution in [3.63, 3.8) is 0 Å². The average molecular weight is 556 g/mol. The van der Waals surface area contributed by atoms with Crippen molar-refractivity contribution in [2.24, 2.45) is 4.99 Å². The molecule has 1 amide bonds. The van der Waals surface area contributed by atoms with Gasteiger partial charge >= 0.3 is 0 Å². The van der Waals surface area contributed by atoms with Crippen molar-refractivity contribution < 1.29 is 9.21 Å². The number of amides is 1. The third-order valence-corrected chi connectivity index (χ3v) is 5.02. The molecule has 1 saturated heterocycles. The molecule has 1 aliphatic rings. The van der Waals surface area contributed by atoms with Gasteiger partial charge in [-0.3, -0.25) is 9.79 Å². The summed E-state index contributed by atoms with van der Waals surface area (Å²) in [4.78, 5) is 33.6. The highest BCUT2D eigenvalue weighted by Crippen LogP contribution is 2.22. The van der Waals surface area contributed by atoms with Crippen molar-refractivity contribution in [2.75, 3.05) is 44.7 Å². The molecule has 0 saturated carbocycles. The van der Waals surface area contributed by atoms with E-state index in [-0.39, 0.29) is 35.3 Å². The molecule has 176 valence electrons. The van der Waals surface area contributed by atoms with E-state index in [2.05, 4.69) is 56.2 Å². The van der Waals surface area contributed by atoms with E-state index in [4.69, 9.17) is 4.42 Å². The van der Waals surface area contributed by atoms with Gasteiger partial charge in [-0.15, -0.1) is 24.0 Å². The molecule has 0 radical (unpaired) electrons. The Hall–Kier alpha value is -2.44. The van der Waals surface area contributed by atoms with Crippen molar-refractivity contribution in [1.82, 2.24) is 30.5 Å². The van der Waals surface area contributed by atoms with Crippen LogP contribution in [0, 0.1) is 0 Å². The van der Waals surface area contributed by atoms with E-state index in [0.717, 1.165) is 18.8 Å². The van der Waals surface area contributed by atoms with E-state index in [1.54, 1.807) is 31.7 Å². The molecule has 0 atom stereocenters. The fourth-order valence-corrected chi connectivity index (χ4v) is 3.17. The Morgan fingerprint density at radius 2 is 1.81 bits per heavy atom. The van der Waals surface area contributed by atoms with Crippen molar-refractivity contribution in [3.8, 4) is 0 Å². The number of carbonyl (C=O) groups excluding carboxylic acids is 1. The molecule has 0 spiro atoms. The van der Waals surface area contributed by atoms with Crippen LogP contribution in [0.4, 0.5) is 5.95 Å². The quantitative estimate of drug-likeness (QED) is 0.315. The van der Waals surface area contributed by atoms with Gasteiger partial charge in [-0.25, -0.2) is 15.0 Å². The molecule has 0 aliphatic carbocycles. The molecule has 3 rings (SSSR count). The highest BCUT2D eigenvalue weighted by molar-refractivity contribution is 14.0. The predicted molar refractivity (Wildman–Crippen MR) is 134 cm³/mol. The normalized spacial score (nSPS) is 14.7. The van der Waals surface area contributed by atoms with Crippen molar-refractivity contribution >= 4 is 41.8 Å². The van der Waals surface area contributed by atoms with Gasteiger partial charge < -0.3 is 24.9 Å².